The smallest absolute Gasteiger partial charge is 0.123 e. The summed E-state index contributed by atoms with van der Waals surface area (Å²) >= 11 is 13.4. The van der Waals surface area contributed by atoms with Crippen molar-refractivity contribution in [2.45, 2.75) is 6.61 Å². The molecule has 2 nitrogen and oxygen atoms in total. The molecule has 0 N–H and O–H groups in total. The third kappa shape index (κ3) is 2.74. The van der Waals surface area contributed by atoms with Gasteiger partial charge in [-0.15, -0.1) is 11.3 Å². The summed E-state index contributed by atoms with van der Waals surface area (Å²) in [5, 5.41) is 4.10. The van der Waals surface area contributed by atoms with E-state index in [1.807, 2.05) is 17.5 Å². The van der Waals surface area contributed by atoms with Gasteiger partial charge in [-0.05, 0) is 18.2 Å². The first-order chi connectivity index (χ1) is 7.69. The second kappa shape index (κ2) is 5.15. The Kier molecular flexibility index (Phi) is 3.82. The Balaban J connectivity index is 2.34. The van der Waals surface area contributed by atoms with Crippen LogP contribution in [0.1, 0.15) is 5.69 Å². The van der Waals surface area contributed by atoms with Gasteiger partial charge in [-0.1, -0.05) is 23.2 Å². The molecule has 0 amide bonds. The summed E-state index contributed by atoms with van der Waals surface area (Å²) in [5.74, 6) is 0. The van der Waals surface area contributed by atoms with Crippen molar-refractivity contribution in [3.63, 3.8) is 0 Å². The number of rotatable bonds is 3. The number of ether oxygens (including phenoxy) is 1. The molecule has 1 aromatic heterocycles. The minimum Gasteiger partial charge on any atom is -0.378 e. The van der Waals surface area contributed by atoms with Crippen molar-refractivity contribution in [1.29, 1.82) is 0 Å². The highest BCUT2D eigenvalue weighted by Crippen LogP contribution is 2.29. The SMILES string of the molecule is COCc1csc(-c2cc(Cl)cc(Cl)c2)n1. The third-order valence-electron chi connectivity index (χ3n) is 1.95. The van der Waals surface area contributed by atoms with Crippen LogP contribution in [0.3, 0.4) is 0 Å². The van der Waals surface area contributed by atoms with Gasteiger partial charge in [-0.3, -0.25) is 0 Å². The molecule has 0 bridgehead atoms. The summed E-state index contributed by atoms with van der Waals surface area (Å²) in [5.41, 5.74) is 1.85. The average molecular weight is 274 g/mol. The van der Waals surface area contributed by atoms with Gasteiger partial charge < -0.3 is 4.74 Å². The lowest BCUT2D eigenvalue weighted by molar-refractivity contribution is 0.182. The molecule has 2 rings (SSSR count). The zero-order valence-corrected chi connectivity index (χ0v) is 10.9. The molecule has 0 aliphatic heterocycles. The molecule has 0 aliphatic carbocycles. The van der Waals surface area contributed by atoms with Crippen molar-refractivity contribution in [3.05, 3.63) is 39.3 Å². The maximum Gasteiger partial charge on any atom is 0.123 e. The number of halogens is 2. The van der Waals surface area contributed by atoms with E-state index in [1.54, 1.807) is 24.5 Å². The lowest BCUT2D eigenvalue weighted by atomic mass is 10.2. The molecule has 2 aromatic rings. The monoisotopic (exact) mass is 273 g/mol. The van der Waals surface area contributed by atoms with Crippen LogP contribution in [0.25, 0.3) is 10.6 Å². The summed E-state index contributed by atoms with van der Waals surface area (Å²) < 4.78 is 5.02. The molecular weight excluding hydrogens is 265 g/mol. The molecular formula is C11H9Cl2NOS. The minimum atomic E-state index is 0.519. The van der Waals surface area contributed by atoms with Crippen LogP contribution >= 0.6 is 34.5 Å². The molecule has 16 heavy (non-hydrogen) atoms. The molecule has 1 aromatic carbocycles. The summed E-state index contributed by atoms with van der Waals surface area (Å²) in [6.45, 7) is 0.519. The van der Waals surface area contributed by atoms with Gasteiger partial charge in [0.25, 0.3) is 0 Å². The number of hydrogen-bond donors (Lipinski definition) is 0. The summed E-state index contributed by atoms with van der Waals surface area (Å²) in [4.78, 5) is 4.43. The van der Waals surface area contributed by atoms with Crippen LogP contribution in [-0.4, -0.2) is 12.1 Å². The van der Waals surface area contributed by atoms with Crippen molar-refractivity contribution >= 4 is 34.5 Å². The van der Waals surface area contributed by atoms with Gasteiger partial charge in [0, 0.05) is 28.1 Å². The van der Waals surface area contributed by atoms with Gasteiger partial charge in [0.15, 0.2) is 0 Å². The van der Waals surface area contributed by atoms with Gasteiger partial charge >= 0.3 is 0 Å². The van der Waals surface area contributed by atoms with E-state index in [0.717, 1.165) is 16.3 Å². The highest BCUT2D eigenvalue weighted by molar-refractivity contribution is 7.13. The molecule has 0 saturated carbocycles. The Morgan fingerprint density at radius 2 is 1.94 bits per heavy atom. The van der Waals surface area contributed by atoms with Crippen LogP contribution in [0.15, 0.2) is 23.6 Å². The molecule has 0 aliphatic rings. The Morgan fingerprint density at radius 1 is 1.25 bits per heavy atom. The van der Waals surface area contributed by atoms with Gasteiger partial charge in [-0.25, -0.2) is 4.98 Å². The van der Waals surface area contributed by atoms with E-state index in [9.17, 15) is 0 Å². The van der Waals surface area contributed by atoms with E-state index in [0.29, 0.717) is 16.7 Å². The second-order valence-corrected chi connectivity index (χ2v) is 4.97. The number of nitrogens with zero attached hydrogens (tertiary/aromatic N) is 1. The standard InChI is InChI=1S/C11H9Cl2NOS/c1-15-5-10-6-16-11(14-10)7-2-8(12)4-9(13)3-7/h2-4,6H,5H2,1H3. The van der Waals surface area contributed by atoms with Crippen molar-refractivity contribution in [1.82, 2.24) is 4.98 Å². The predicted molar refractivity (Wildman–Crippen MR) is 68.3 cm³/mol. The van der Waals surface area contributed by atoms with Crippen molar-refractivity contribution < 1.29 is 4.74 Å². The van der Waals surface area contributed by atoms with E-state index < -0.39 is 0 Å². The molecule has 0 unspecified atom stereocenters. The quantitative estimate of drug-likeness (QED) is 0.834. The van der Waals surface area contributed by atoms with Crippen LogP contribution < -0.4 is 0 Å². The van der Waals surface area contributed by atoms with E-state index in [-0.39, 0.29) is 0 Å². The fourth-order valence-corrected chi connectivity index (χ4v) is 2.65. The summed E-state index contributed by atoms with van der Waals surface area (Å²) in [6.07, 6.45) is 0. The lowest BCUT2D eigenvalue weighted by Gasteiger charge is -1.99. The Bertz CT molecular complexity index is 478. The first kappa shape index (κ1) is 11.9. The largest absolute Gasteiger partial charge is 0.378 e. The van der Waals surface area contributed by atoms with Crippen LogP contribution in [0.4, 0.5) is 0 Å². The molecule has 84 valence electrons. The zero-order chi connectivity index (χ0) is 11.5. The highest BCUT2D eigenvalue weighted by atomic mass is 35.5. The highest BCUT2D eigenvalue weighted by Gasteiger charge is 2.06. The van der Waals surface area contributed by atoms with Crippen molar-refractivity contribution in [3.8, 4) is 10.6 Å². The van der Waals surface area contributed by atoms with Crippen molar-refractivity contribution in [2.24, 2.45) is 0 Å². The molecule has 0 saturated heterocycles. The number of thiazole rings is 1. The topological polar surface area (TPSA) is 22.1 Å². The van der Waals surface area contributed by atoms with E-state index in [4.69, 9.17) is 27.9 Å². The van der Waals surface area contributed by atoms with Gasteiger partial charge in [-0.2, -0.15) is 0 Å². The van der Waals surface area contributed by atoms with Crippen LogP contribution in [-0.2, 0) is 11.3 Å². The normalized spacial score (nSPS) is 10.7. The van der Waals surface area contributed by atoms with E-state index in [2.05, 4.69) is 4.98 Å². The summed E-state index contributed by atoms with van der Waals surface area (Å²) in [6, 6.07) is 5.40. The maximum absolute atomic E-state index is 5.94. The van der Waals surface area contributed by atoms with Gasteiger partial charge in [0.1, 0.15) is 5.01 Å². The van der Waals surface area contributed by atoms with E-state index >= 15 is 0 Å². The minimum absolute atomic E-state index is 0.519. The van der Waals surface area contributed by atoms with Crippen LogP contribution in [0, 0.1) is 0 Å². The van der Waals surface area contributed by atoms with Gasteiger partial charge in [0.2, 0.25) is 0 Å². The average Bonchev–Trinajstić information content (AvgIpc) is 2.65. The number of hydrogen-bond acceptors (Lipinski definition) is 3. The maximum atomic E-state index is 5.94. The molecule has 0 radical (unpaired) electrons. The Hall–Kier alpha value is -0.610. The molecule has 0 fully saturated rings. The Labute approximate surface area is 108 Å². The predicted octanol–water partition coefficient (Wildman–Crippen LogP) is 4.26. The molecule has 0 atom stereocenters. The number of methoxy groups -OCH3 is 1. The number of aromatic nitrogens is 1. The number of benzene rings is 1. The Morgan fingerprint density at radius 3 is 2.56 bits per heavy atom. The van der Waals surface area contributed by atoms with E-state index in [1.165, 1.54) is 0 Å². The van der Waals surface area contributed by atoms with Crippen molar-refractivity contribution in [2.75, 3.05) is 7.11 Å². The molecule has 0 spiro atoms. The third-order valence-corrected chi connectivity index (χ3v) is 3.33. The first-order valence-electron chi connectivity index (χ1n) is 4.59. The van der Waals surface area contributed by atoms with Crippen LogP contribution in [0.5, 0.6) is 0 Å². The second-order valence-electron chi connectivity index (χ2n) is 3.24. The van der Waals surface area contributed by atoms with Crippen LogP contribution in [0.2, 0.25) is 10.0 Å². The molecule has 1 heterocycles. The fraction of sp³-hybridized carbons (Fsp3) is 0.182. The van der Waals surface area contributed by atoms with Gasteiger partial charge in [0.05, 0.1) is 12.3 Å². The lowest BCUT2D eigenvalue weighted by Crippen LogP contribution is -1.87. The molecule has 5 heteroatoms. The first-order valence-corrected chi connectivity index (χ1v) is 6.22. The zero-order valence-electron chi connectivity index (χ0n) is 8.54. The fourth-order valence-electron chi connectivity index (χ4n) is 1.33. The summed E-state index contributed by atoms with van der Waals surface area (Å²) in [7, 11) is 1.65.